The van der Waals surface area contributed by atoms with Crippen molar-refractivity contribution in [1.29, 1.82) is 0 Å². The number of anilines is 1. The maximum absolute atomic E-state index is 13.3. The Balaban J connectivity index is 1.24. The Kier molecular flexibility index (Phi) is 5.81. The van der Waals surface area contributed by atoms with Crippen molar-refractivity contribution < 1.29 is 28.9 Å². The first kappa shape index (κ1) is 22.2. The Morgan fingerprint density at radius 1 is 1.27 bits per heavy atom. The number of carbonyl (C=O) groups is 2. The van der Waals surface area contributed by atoms with E-state index in [9.17, 15) is 14.7 Å². The number of methoxy groups -OCH3 is 1. The lowest BCUT2D eigenvalue weighted by atomic mass is 9.88. The second-order valence-corrected chi connectivity index (χ2v) is 9.29. The van der Waals surface area contributed by atoms with Crippen molar-refractivity contribution in [2.75, 3.05) is 44.8 Å². The fourth-order valence-electron chi connectivity index (χ4n) is 4.85. The Labute approximate surface area is 195 Å². The van der Waals surface area contributed by atoms with Gasteiger partial charge in [0.15, 0.2) is 0 Å². The van der Waals surface area contributed by atoms with Gasteiger partial charge in [-0.25, -0.2) is 4.79 Å². The number of nitrogens with zero attached hydrogens (tertiary/aromatic N) is 4. The summed E-state index contributed by atoms with van der Waals surface area (Å²) in [5.41, 5.74) is 2.25. The number of hydrogen-bond acceptors (Lipinski definition) is 10. The van der Waals surface area contributed by atoms with Crippen molar-refractivity contribution in [1.82, 2.24) is 14.3 Å². The first-order valence-corrected chi connectivity index (χ1v) is 11.7. The van der Waals surface area contributed by atoms with E-state index in [0.29, 0.717) is 56.3 Å². The topological polar surface area (TPSA) is 114 Å². The molecule has 0 radical (unpaired) electrons. The van der Waals surface area contributed by atoms with E-state index >= 15 is 0 Å². The van der Waals surface area contributed by atoms with E-state index in [4.69, 9.17) is 14.2 Å². The summed E-state index contributed by atoms with van der Waals surface area (Å²) in [4.78, 5) is 33.2. The van der Waals surface area contributed by atoms with E-state index in [-0.39, 0.29) is 24.5 Å². The van der Waals surface area contributed by atoms with E-state index in [1.807, 2.05) is 6.92 Å². The molecule has 2 fully saturated rings. The van der Waals surface area contributed by atoms with Gasteiger partial charge in [0.25, 0.3) is 5.91 Å². The molecule has 1 amide bonds. The van der Waals surface area contributed by atoms with Crippen LogP contribution in [0.5, 0.6) is 6.01 Å². The molecule has 1 spiro atoms. The van der Waals surface area contributed by atoms with Crippen LogP contribution in [0.4, 0.5) is 5.13 Å². The van der Waals surface area contributed by atoms with Gasteiger partial charge in [-0.2, -0.15) is 4.98 Å². The Hall–Kier alpha value is -2.60. The summed E-state index contributed by atoms with van der Waals surface area (Å²) in [5.74, 6) is -0.402. The highest BCUT2D eigenvalue weighted by molar-refractivity contribution is 7.10. The monoisotopic (exact) mass is 474 g/mol. The number of ether oxygens (including phenoxy) is 3. The molecule has 176 valence electrons. The number of fused-ring (bicyclic) bond motifs is 1. The normalized spacial score (nSPS) is 21.2. The quantitative estimate of drug-likeness (QED) is 0.643. The molecule has 10 nitrogen and oxygen atoms in total. The zero-order valence-electron chi connectivity index (χ0n) is 18.6. The lowest BCUT2D eigenvalue weighted by Gasteiger charge is -2.45. The number of aromatic nitrogens is 2. The lowest BCUT2D eigenvalue weighted by Crippen LogP contribution is -2.61. The average molecular weight is 475 g/mol. The maximum Gasteiger partial charge on any atom is 0.338 e. The summed E-state index contributed by atoms with van der Waals surface area (Å²) < 4.78 is 20.3. The molecule has 1 N–H and O–H groups in total. The molecular formula is C22H26N4O6S. The van der Waals surface area contributed by atoms with E-state index in [1.165, 1.54) is 7.11 Å². The van der Waals surface area contributed by atoms with Gasteiger partial charge in [-0.3, -0.25) is 9.69 Å². The fraction of sp³-hybridized carbons (Fsp3) is 0.545. The third-order valence-corrected chi connectivity index (χ3v) is 7.52. The first-order chi connectivity index (χ1) is 15.9. The summed E-state index contributed by atoms with van der Waals surface area (Å²) in [6.07, 6.45) is 0.376. The van der Waals surface area contributed by atoms with Gasteiger partial charge < -0.3 is 24.2 Å². The number of aliphatic hydroxyl groups is 1. The largest absolute Gasteiger partial charge is 0.466 e. The van der Waals surface area contributed by atoms with Gasteiger partial charge in [-0.05, 0) is 37.0 Å². The predicted octanol–water partition coefficient (Wildman–Crippen LogP) is 1.46. The van der Waals surface area contributed by atoms with Crippen LogP contribution in [-0.4, -0.2) is 76.7 Å². The number of piperidine rings is 1. The third-order valence-electron chi connectivity index (χ3n) is 6.80. The van der Waals surface area contributed by atoms with E-state index in [1.54, 1.807) is 17.0 Å². The molecule has 4 heterocycles. The van der Waals surface area contributed by atoms with Gasteiger partial charge in [-0.15, -0.1) is 4.37 Å². The molecule has 0 saturated carbocycles. The second kappa shape index (κ2) is 8.64. The smallest absolute Gasteiger partial charge is 0.338 e. The van der Waals surface area contributed by atoms with Gasteiger partial charge in [0.05, 0.1) is 31.9 Å². The minimum absolute atomic E-state index is 0.0908. The number of esters is 1. The summed E-state index contributed by atoms with van der Waals surface area (Å²) in [7, 11) is 1.50. The van der Waals surface area contributed by atoms with Crippen molar-refractivity contribution in [3.8, 4) is 6.01 Å². The average Bonchev–Trinajstić information content (AvgIpc) is 3.45. The Morgan fingerprint density at radius 3 is 2.79 bits per heavy atom. The van der Waals surface area contributed by atoms with Crippen LogP contribution in [0.25, 0.3) is 0 Å². The van der Waals surface area contributed by atoms with Crippen molar-refractivity contribution in [3.05, 3.63) is 34.4 Å². The number of likely N-dealkylation sites (tertiary alicyclic amines) is 1. The number of aliphatic hydroxyl groups excluding tert-OH is 1. The van der Waals surface area contributed by atoms with Gasteiger partial charge in [0.1, 0.15) is 12.2 Å². The number of carbonyl (C=O) groups excluding carboxylic acids is 2. The van der Waals surface area contributed by atoms with Crippen molar-refractivity contribution >= 4 is 28.5 Å². The van der Waals surface area contributed by atoms with Crippen molar-refractivity contribution in [2.24, 2.45) is 0 Å². The van der Waals surface area contributed by atoms with Crippen molar-refractivity contribution in [2.45, 2.75) is 38.1 Å². The molecule has 0 aliphatic carbocycles. The molecule has 1 aromatic carbocycles. The number of hydrogen-bond donors (Lipinski definition) is 1. The second-order valence-electron chi connectivity index (χ2n) is 8.56. The number of β-amino-alcohol motifs (C(OH)–C–C–N with tert-alkyl or cyclic N) is 1. The summed E-state index contributed by atoms with van der Waals surface area (Å²) in [6.45, 7) is 4.73. The molecule has 5 rings (SSSR count). The summed E-state index contributed by atoms with van der Waals surface area (Å²) in [5, 5.41) is 11.4. The third kappa shape index (κ3) is 3.88. The van der Waals surface area contributed by atoms with Crippen LogP contribution in [-0.2, 0) is 20.9 Å². The highest BCUT2D eigenvalue weighted by atomic mass is 32.1. The molecule has 3 aliphatic heterocycles. The van der Waals surface area contributed by atoms with Gasteiger partial charge >= 0.3 is 12.0 Å². The fourth-order valence-corrected chi connectivity index (χ4v) is 5.51. The molecule has 11 heteroatoms. The summed E-state index contributed by atoms with van der Waals surface area (Å²) >= 11 is 1.14. The van der Waals surface area contributed by atoms with Crippen LogP contribution >= 0.6 is 11.5 Å². The number of cyclic esters (lactones) is 1. The van der Waals surface area contributed by atoms with Crippen molar-refractivity contribution in [3.63, 3.8) is 0 Å². The number of rotatable bonds is 5. The molecule has 2 saturated heterocycles. The standard InChI is InChI=1S/C22H26N4O6S/c1-13-14(3-4-15-16(13)12-31-18(15)28)17(27)11-25-7-5-22(6-8-25)19(29)26(9-10-32-22)21-23-20(30-2)24-33-21/h3-4,17,27H,5-12H2,1-2H3. The molecule has 1 unspecified atom stereocenters. The van der Waals surface area contributed by atoms with Gasteiger partial charge in [-0.1, -0.05) is 6.07 Å². The SMILES string of the molecule is COc1nsc(N2CCOC3(CCN(CC(O)c4ccc5c(c4C)COC5=O)CC3)C2=O)n1. The van der Waals surface area contributed by atoms with E-state index in [0.717, 1.165) is 28.2 Å². The Morgan fingerprint density at radius 2 is 2.06 bits per heavy atom. The Bertz CT molecular complexity index is 1080. The van der Waals surface area contributed by atoms with Crippen LogP contribution in [0, 0.1) is 6.92 Å². The lowest BCUT2D eigenvalue weighted by molar-refractivity contribution is -0.158. The van der Waals surface area contributed by atoms with E-state index < -0.39 is 11.7 Å². The summed E-state index contributed by atoms with van der Waals surface area (Å²) in [6, 6.07) is 3.79. The molecule has 2 aromatic rings. The number of benzene rings is 1. The zero-order chi connectivity index (χ0) is 23.2. The maximum atomic E-state index is 13.3. The molecule has 1 aromatic heterocycles. The van der Waals surface area contributed by atoms with Gasteiger partial charge in [0, 0.05) is 36.7 Å². The van der Waals surface area contributed by atoms with Crippen LogP contribution in [0.3, 0.4) is 0 Å². The number of amides is 1. The van der Waals surface area contributed by atoms with Crippen LogP contribution < -0.4 is 9.64 Å². The number of morpholine rings is 1. The molecule has 33 heavy (non-hydrogen) atoms. The molecular weight excluding hydrogens is 448 g/mol. The van der Waals surface area contributed by atoms with Crippen LogP contribution in [0.15, 0.2) is 12.1 Å². The highest BCUT2D eigenvalue weighted by Crippen LogP contribution is 2.36. The van der Waals surface area contributed by atoms with E-state index in [2.05, 4.69) is 14.3 Å². The minimum Gasteiger partial charge on any atom is -0.466 e. The minimum atomic E-state index is -0.875. The first-order valence-electron chi connectivity index (χ1n) is 11.0. The highest BCUT2D eigenvalue weighted by Gasteiger charge is 2.48. The zero-order valence-corrected chi connectivity index (χ0v) is 19.4. The van der Waals surface area contributed by atoms with Crippen LogP contribution in [0.2, 0.25) is 0 Å². The molecule has 1 atom stereocenters. The predicted molar refractivity (Wildman–Crippen MR) is 118 cm³/mol. The van der Waals surface area contributed by atoms with Gasteiger partial charge in [0.2, 0.25) is 5.13 Å². The van der Waals surface area contributed by atoms with Crippen LogP contribution in [0.1, 0.15) is 46.0 Å². The molecule has 0 bridgehead atoms. The molecule has 3 aliphatic rings.